The molecule has 0 bridgehead atoms. The Morgan fingerprint density at radius 1 is 0.932 bits per heavy atom. The fourth-order valence-corrected chi connectivity index (χ4v) is 6.11. The maximum atomic E-state index is 12.6. The first-order chi connectivity index (χ1) is 21.4. The van der Waals surface area contributed by atoms with Crippen LogP contribution in [0.25, 0.3) is 5.69 Å². The van der Waals surface area contributed by atoms with E-state index in [2.05, 4.69) is 65.1 Å². The molecule has 2 unspecified atom stereocenters. The smallest absolute Gasteiger partial charge is 0.350 e. The topological polar surface area (TPSA) is 100 Å². The van der Waals surface area contributed by atoms with Gasteiger partial charge in [0, 0.05) is 49.7 Å². The molecule has 0 radical (unpaired) electrons. The van der Waals surface area contributed by atoms with Crippen LogP contribution in [0.1, 0.15) is 30.0 Å². The summed E-state index contributed by atoms with van der Waals surface area (Å²) in [4.78, 5) is 17.3. The largest absolute Gasteiger partial charge is 0.491 e. The van der Waals surface area contributed by atoms with Crippen LogP contribution in [0.3, 0.4) is 0 Å². The molecular formula is C34H42N6O4. The lowest BCUT2D eigenvalue weighted by molar-refractivity contribution is -0.171. The van der Waals surface area contributed by atoms with Gasteiger partial charge in [-0.05, 0) is 74.4 Å². The summed E-state index contributed by atoms with van der Waals surface area (Å²) in [5, 5.41) is 4.22. The zero-order valence-electron chi connectivity index (χ0n) is 25.8. The number of anilines is 2. The molecule has 2 fully saturated rings. The Kier molecular flexibility index (Phi) is 8.74. The number of aryl methyl sites for hydroxylation is 3. The molecule has 44 heavy (non-hydrogen) atoms. The van der Waals surface area contributed by atoms with E-state index in [4.69, 9.17) is 19.9 Å². The van der Waals surface area contributed by atoms with Gasteiger partial charge in [0.1, 0.15) is 24.8 Å². The Labute approximate surface area is 258 Å². The van der Waals surface area contributed by atoms with Crippen LogP contribution < -0.4 is 26.0 Å². The van der Waals surface area contributed by atoms with Crippen LogP contribution in [0, 0.1) is 13.8 Å². The van der Waals surface area contributed by atoms with Gasteiger partial charge in [-0.3, -0.25) is 0 Å². The third kappa shape index (κ3) is 6.10. The molecular weight excluding hydrogens is 556 g/mol. The molecule has 3 aromatic carbocycles. The average Bonchev–Trinajstić information content (AvgIpc) is 3.64. The number of hydrogen-bond acceptors (Lipinski definition) is 8. The molecule has 2 aliphatic rings. The number of nitrogens with two attached hydrogens (primary N) is 1. The van der Waals surface area contributed by atoms with Crippen molar-refractivity contribution >= 4 is 11.4 Å². The number of piperazine rings is 1. The molecule has 0 amide bonds. The van der Waals surface area contributed by atoms with Crippen molar-refractivity contribution in [2.24, 2.45) is 5.73 Å². The first-order valence-corrected chi connectivity index (χ1v) is 15.5. The van der Waals surface area contributed by atoms with E-state index < -0.39 is 5.79 Å². The molecule has 2 N–H and O–H groups in total. The van der Waals surface area contributed by atoms with E-state index in [9.17, 15) is 4.79 Å². The van der Waals surface area contributed by atoms with E-state index >= 15 is 0 Å². The van der Waals surface area contributed by atoms with Crippen molar-refractivity contribution < 1.29 is 14.2 Å². The summed E-state index contributed by atoms with van der Waals surface area (Å²) in [7, 11) is 0. The van der Waals surface area contributed by atoms with E-state index in [1.54, 1.807) is 10.9 Å². The summed E-state index contributed by atoms with van der Waals surface area (Å²) in [5.74, 6) is -0.134. The van der Waals surface area contributed by atoms with Gasteiger partial charge in [-0.15, -0.1) is 0 Å². The Morgan fingerprint density at radius 3 is 2.18 bits per heavy atom. The fourth-order valence-electron chi connectivity index (χ4n) is 6.11. The van der Waals surface area contributed by atoms with Gasteiger partial charge in [0.15, 0.2) is 0 Å². The first kappa shape index (κ1) is 29.9. The minimum Gasteiger partial charge on any atom is -0.491 e. The van der Waals surface area contributed by atoms with Gasteiger partial charge in [-0.2, -0.15) is 5.10 Å². The molecule has 0 saturated carbocycles. The van der Waals surface area contributed by atoms with Crippen molar-refractivity contribution in [1.82, 2.24) is 14.3 Å². The maximum Gasteiger partial charge on any atom is 0.350 e. The van der Waals surface area contributed by atoms with E-state index in [0.717, 1.165) is 60.9 Å². The molecule has 0 aliphatic carbocycles. The number of ether oxygens (including phenoxy) is 3. The summed E-state index contributed by atoms with van der Waals surface area (Å²) in [6, 6.07) is 22.6. The Morgan fingerprint density at radius 2 is 1.57 bits per heavy atom. The second-order valence-corrected chi connectivity index (χ2v) is 11.6. The van der Waals surface area contributed by atoms with Crippen LogP contribution in [0.2, 0.25) is 0 Å². The second-order valence-electron chi connectivity index (χ2n) is 11.6. The maximum absolute atomic E-state index is 12.6. The highest BCUT2D eigenvalue weighted by Gasteiger charge is 2.43. The highest BCUT2D eigenvalue weighted by Crippen LogP contribution is 2.36. The molecule has 232 valence electrons. The molecule has 10 nitrogen and oxygen atoms in total. The summed E-state index contributed by atoms with van der Waals surface area (Å²) < 4.78 is 21.6. The van der Waals surface area contributed by atoms with Gasteiger partial charge in [0.05, 0.1) is 18.8 Å². The zero-order chi connectivity index (χ0) is 30.7. The van der Waals surface area contributed by atoms with Gasteiger partial charge in [0.25, 0.3) is 0 Å². The van der Waals surface area contributed by atoms with Gasteiger partial charge in [-0.25, -0.2) is 14.0 Å². The molecule has 6 rings (SSSR count). The molecule has 0 spiro atoms. The van der Waals surface area contributed by atoms with Crippen molar-refractivity contribution in [3.63, 3.8) is 0 Å². The predicted molar refractivity (Wildman–Crippen MR) is 172 cm³/mol. The molecule has 3 heterocycles. The van der Waals surface area contributed by atoms with Crippen LogP contribution in [0.4, 0.5) is 11.4 Å². The zero-order valence-corrected chi connectivity index (χ0v) is 25.8. The first-order valence-electron chi connectivity index (χ1n) is 15.5. The van der Waals surface area contributed by atoms with Gasteiger partial charge in [0.2, 0.25) is 5.79 Å². The van der Waals surface area contributed by atoms with Gasteiger partial charge >= 0.3 is 5.69 Å². The van der Waals surface area contributed by atoms with Crippen LogP contribution in [0.15, 0.2) is 77.9 Å². The average molecular weight is 599 g/mol. The van der Waals surface area contributed by atoms with Crippen molar-refractivity contribution in [3.05, 3.63) is 100 Å². The third-order valence-corrected chi connectivity index (χ3v) is 8.50. The minimum atomic E-state index is -0.933. The summed E-state index contributed by atoms with van der Waals surface area (Å²) in [6.07, 6.45) is 2.26. The molecule has 2 saturated heterocycles. The number of aromatic nitrogens is 3. The van der Waals surface area contributed by atoms with Crippen LogP contribution in [-0.4, -0.2) is 66.4 Å². The van der Waals surface area contributed by atoms with E-state index in [1.165, 1.54) is 15.9 Å². The normalized spacial score (nSPS) is 20.3. The summed E-state index contributed by atoms with van der Waals surface area (Å²) in [5.41, 5.74) is 12.5. The van der Waals surface area contributed by atoms with Crippen molar-refractivity contribution in [3.8, 4) is 11.4 Å². The second kappa shape index (κ2) is 12.9. The fraction of sp³-hybridized carbons (Fsp3) is 0.412. The number of rotatable bonds is 10. The molecule has 10 heteroatoms. The lowest BCUT2D eigenvalue weighted by Gasteiger charge is -2.37. The summed E-state index contributed by atoms with van der Waals surface area (Å²) >= 11 is 0. The Balaban J connectivity index is 0.996. The van der Waals surface area contributed by atoms with Gasteiger partial charge in [-0.1, -0.05) is 30.7 Å². The van der Waals surface area contributed by atoms with Gasteiger partial charge < -0.3 is 29.7 Å². The number of benzene rings is 3. The Hall–Kier alpha value is -4.12. The summed E-state index contributed by atoms with van der Waals surface area (Å²) in [6.45, 7) is 11.5. The van der Waals surface area contributed by atoms with Crippen LogP contribution in [0.5, 0.6) is 5.75 Å². The van der Waals surface area contributed by atoms with E-state index in [1.807, 2.05) is 37.3 Å². The van der Waals surface area contributed by atoms with Crippen molar-refractivity contribution in [2.45, 2.75) is 45.6 Å². The highest BCUT2D eigenvalue weighted by atomic mass is 16.8. The van der Waals surface area contributed by atoms with E-state index in [0.29, 0.717) is 19.8 Å². The highest BCUT2D eigenvalue weighted by molar-refractivity contribution is 5.54. The molecule has 2 aliphatic heterocycles. The standard InChI is InChI=1S/C34H42N6O4/c1-4-15-40-33(41)39(24-36-40)29-8-6-27(7-9-29)37-16-18-38(19-17-37)28-10-12-30(13-11-28)42-21-31-22-43-34(23-35,44-31)32-14-5-25(2)20-26(32)3/h5-14,20,24,31H,4,15-19,21-23,35H2,1-3H3. The monoisotopic (exact) mass is 598 g/mol. The third-order valence-electron chi connectivity index (χ3n) is 8.50. The minimum absolute atomic E-state index is 0.104. The molecule has 4 aromatic rings. The SMILES string of the molecule is CCCn1ncn(-c2ccc(N3CCN(c4ccc(OCC5COC(CN)(c6ccc(C)cc6C)O5)cc4)CC3)cc2)c1=O. The lowest BCUT2D eigenvalue weighted by Crippen LogP contribution is -2.46. The predicted octanol–water partition coefficient (Wildman–Crippen LogP) is 3.99. The number of nitrogens with zero attached hydrogens (tertiary/aromatic N) is 5. The van der Waals surface area contributed by atoms with Crippen LogP contribution in [-0.2, 0) is 21.8 Å². The molecule has 1 aromatic heterocycles. The quantitative estimate of drug-likeness (QED) is 0.293. The lowest BCUT2D eigenvalue weighted by atomic mass is 9.98. The van der Waals surface area contributed by atoms with E-state index in [-0.39, 0.29) is 18.3 Å². The van der Waals surface area contributed by atoms with Crippen molar-refractivity contribution in [2.75, 3.05) is 55.7 Å². The van der Waals surface area contributed by atoms with Crippen molar-refractivity contribution in [1.29, 1.82) is 0 Å². The Bertz CT molecular complexity index is 1610. The van der Waals surface area contributed by atoms with Crippen LogP contribution >= 0.6 is 0 Å². The number of hydrogen-bond donors (Lipinski definition) is 1. The molecule has 2 atom stereocenters.